The maximum atomic E-state index is 12.3. The molecule has 0 spiro atoms. The van der Waals surface area contributed by atoms with Crippen molar-refractivity contribution < 1.29 is 14.3 Å². The number of ether oxygens (including phenoxy) is 1. The number of hydrogen-bond donors (Lipinski definition) is 1. The van der Waals surface area contributed by atoms with Gasteiger partial charge in [-0.1, -0.05) is 0 Å². The summed E-state index contributed by atoms with van der Waals surface area (Å²) < 4.78 is 5.65. The number of carbonyl (C=O) groups is 2. The first-order valence-corrected chi connectivity index (χ1v) is 11.7. The van der Waals surface area contributed by atoms with E-state index in [0.29, 0.717) is 25.4 Å². The molecule has 0 radical (unpaired) electrons. The van der Waals surface area contributed by atoms with E-state index in [1.54, 1.807) is 11.3 Å². The topological polar surface area (TPSA) is 74.8 Å². The molecule has 3 heterocycles. The fourth-order valence-corrected chi connectivity index (χ4v) is 4.87. The first-order valence-electron chi connectivity index (χ1n) is 10.8. The van der Waals surface area contributed by atoms with Gasteiger partial charge in [0.1, 0.15) is 6.61 Å². The summed E-state index contributed by atoms with van der Waals surface area (Å²) in [6.45, 7) is 7.47. The number of carbonyl (C=O) groups excluding carboxylic acids is 2. The fourth-order valence-electron chi connectivity index (χ4n) is 4.25. The van der Waals surface area contributed by atoms with E-state index < -0.39 is 0 Å². The van der Waals surface area contributed by atoms with Crippen LogP contribution in [0, 0.1) is 18.8 Å². The van der Waals surface area contributed by atoms with Crippen molar-refractivity contribution in [1.82, 2.24) is 20.1 Å². The molecule has 29 heavy (non-hydrogen) atoms. The highest BCUT2D eigenvalue weighted by molar-refractivity contribution is 7.09. The Morgan fingerprint density at radius 2 is 2.00 bits per heavy atom. The van der Waals surface area contributed by atoms with Gasteiger partial charge >= 0.3 is 0 Å². The Kier molecular flexibility index (Phi) is 6.82. The molecule has 7 nitrogen and oxygen atoms in total. The number of hydrogen-bond acceptors (Lipinski definition) is 6. The second kappa shape index (κ2) is 9.53. The minimum absolute atomic E-state index is 0.0506. The Balaban J connectivity index is 1.18. The van der Waals surface area contributed by atoms with Crippen LogP contribution in [-0.2, 0) is 20.7 Å². The Morgan fingerprint density at radius 1 is 1.24 bits per heavy atom. The third-order valence-corrected chi connectivity index (χ3v) is 6.98. The minimum atomic E-state index is -0.135. The van der Waals surface area contributed by atoms with Crippen LogP contribution in [0.1, 0.15) is 36.4 Å². The SMILES string of the molecule is Cc1nc(CC(=O)NC[C@H]2CN(CC3CCN(CC4CC4)CC3)C(=O)CO2)cs1. The summed E-state index contributed by atoms with van der Waals surface area (Å²) in [5.74, 6) is 1.55. The molecular formula is C21H32N4O3S. The van der Waals surface area contributed by atoms with Gasteiger partial charge in [0.2, 0.25) is 11.8 Å². The molecule has 160 valence electrons. The van der Waals surface area contributed by atoms with Gasteiger partial charge in [0.15, 0.2) is 0 Å². The molecule has 4 rings (SSSR count). The van der Waals surface area contributed by atoms with Crippen molar-refractivity contribution >= 4 is 23.2 Å². The molecule has 2 saturated heterocycles. The van der Waals surface area contributed by atoms with E-state index in [9.17, 15) is 9.59 Å². The van der Waals surface area contributed by atoms with E-state index >= 15 is 0 Å². The quantitative estimate of drug-likeness (QED) is 0.689. The molecule has 0 bridgehead atoms. The van der Waals surface area contributed by atoms with E-state index in [1.807, 2.05) is 17.2 Å². The third kappa shape index (κ3) is 6.23. The molecule has 1 saturated carbocycles. The maximum Gasteiger partial charge on any atom is 0.248 e. The second-order valence-corrected chi connectivity index (χ2v) is 9.82. The average Bonchev–Trinajstić information content (AvgIpc) is 3.43. The number of nitrogens with zero attached hydrogens (tertiary/aromatic N) is 3. The number of aromatic nitrogens is 1. The summed E-state index contributed by atoms with van der Waals surface area (Å²) in [4.78, 5) is 33.3. The highest BCUT2D eigenvalue weighted by atomic mass is 32.1. The lowest BCUT2D eigenvalue weighted by molar-refractivity contribution is -0.150. The minimum Gasteiger partial charge on any atom is -0.365 e. The van der Waals surface area contributed by atoms with Crippen LogP contribution < -0.4 is 5.32 Å². The lowest BCUT2D eigenvalue weighted by atomic mass is 9.95. The Bertz CT molecular complexity index is 713. The van der Waals surface area contributed by atoms with Crippen molar-refractivity contribution in [1.29, 1.82) is 0 Å². The number of rotatable bonds is 8. The molecule has 0 unspecified atom stereocenters. The number of nitrogens with one attached hydrogen (secondary N) is 1. The summed E-state index contributed by atoms with van der Waals surface area (Å²) in [7, 11) is 0. The normalized spacial score (nSPS) is 24.1. The van der Waals surface area contributed by atoms with Crippen LogP contribution >= 0.6 is 11.3 Å². The highest BCUT2D eigenvalue weighted by Crippen LogP contribution is 2.31. The lowest BCUT2D eigenvalue weighted by Gasteiger charge is -2.38. The average molecular weight is 421 g/mol. The number of likely N-dealkylation sites (tertiary alicyclic amines) is 1. The van der Waals surface area contributed by atoms with Crippen LogP contribution in [0.4, 0.5) is 0 Å². The molecule has 1 N–H and O–H groups in total. The van der Waals surface area contributed by atoms with E-state index in [-0.39, 0.29) is 24.5 Å². The first kappa shape index (κ1) is 20.8. The van der Waals surface area contributed by atoms with Crippen molar-refractivity contribution in [3.05, 3.63) is 16.1 Å². The van der Waals surface area contributed by atoms with Crippen molar-refractivity contribution in [3.63, 3.8) is 0 Å². The first-order chi connectivity index (χ1) is 14.0. The summed E-state index contributed by atoms with van der Waals surface area (Å²) >= 11 is 1.55. The van der Waals surface area contributed by atoms with Crippen LogP contribution in [0.5, 0.6) is 0 Å². The van der Waals surface area contributed by atoms with E-state index in [1.165, 1.54) is 32.2 Å². The molecule has 2 aliphatic heterocycles. The van der Waals surface area contributed by atoms with Gasteiger partial charge in [-0.15, -0.1) is 11.3 Å². The Hall–Kier alpha value is -1.51. The molecular weight excluding hydrogens is 388 g/mol. The fraction of sp³-hybridized carbons (Fsp3) is 0.762. The van der Waals surface area contributed by atoms with E-state index in [4.69, 9.17) is 4.74 Å². The molecule has 1 aromatic heterocycles. The van der Waals surface area contributed by atoms with Gasteiger partial charge in [0.25, 0.3) is 0 Å². The largest absolute Gasteiger partial charge is 0.365 e. The van der Waals surface area contributed by atoms with Crippen LogP contribution in [0.25, 0.3) is 0 Å². The van der Waals surface area contributed by atoms with Gasteiger partial charge in [0.05, 0.1) is 23.2 Å². The highest BCUT2D eigenvalue weighted by Gasteiger charge is 2.31. The van der Waals surface area contributed by atoms with Gasteiger partial charge in [-0.25, -0.2) is 4.98 Å². The molecule has 8 heteroatoms. The van der Waals surface area contributed by atoms with Crippen molar-refractivity contribution in [2.24, 2.45) is 11.8 Å². The van der Waals surface area contributed by atoms with Gasteiger partial charge in [-0.3, -0.25) is 9.59 Å². The number of amides is 2. The molecule has 0 aromatic carbocycles. The number of aryl methyl sites for hydroxylation is 1. The summed E-state index contributed by atoms with van der Waals surface area (Å²) in [5, 5.41) is 5.82. The Labute approximate surface area is 176 Å². The molecule has 3 aliphatic rings. The molecule has 1 aliphatic carbocycles. The van der Waals surface area contributed by atoms with Gasteiger partial charge < -0.3 is 19.9 Å². The molecule has 1 atom stereocenters. The zero-order valence-electron chi connectivity index (χ0n) is 17.3. The van der Waals surface area contributed by atoms with Gasteiger partial charge in [-0.2, -0.15) is 0 Å². The Morgan fingerprint density at radius 3 is 2.69 bits per heavy atom. The number of piperidine rings is 1. The maximum absolute atomic E-state index is 12.3. The summed E-state index contributed by atoms with van der Waals surface area (Å²) in [5.41, 5.74) is 0.805. The number of thiazole rings is 1. The lowest BCUT2D eigenvalue weighted by Crippen LogP contribution is -2.52. The third-order valence-electron chi connectivity index (χ3n) is 6.15. The van der Waals surface area contributed by atoms with E-state index in [0.717, 1.165) is 36.3 Å². The predicted molar refractivity (Wildman–Crippen MR) is 112 cm³/mol. The molecule has 2 amide bonds. The van der Waals surface area contributed by atoms with Crippen molar-refractivity contribution in [2.75, 3.05) is 45.9 Å². The second-order valence-electron chi connectivity index (χ2n) is 8.76. The van der Waals surface area contributed by atoms with Crippen molar-refractivity contribution in [2.45, 2.75) is 45.1 Å². The van der Waals surface area contributed by atoms with Crippen LogP contribution in [0.2, 0.25) is 0 Å². The monoisotopic (exact) mass is 420 g/mol. The summed E-state index contributed by atoms with van der Waals surface area (Å²) in [6, 6.07) is 0. The zero-order valence-corrected chi connectivity index (χ0v) is 18.1. The number of morpholine rings is 1. The standard InChI is InChI=1S/C21H32N4O3S/c1-15-23-18(14-29-15)8-20(26)22-9-19-12-25(21(27)13-28-19)11-17-4-6-24(7-5-17)10-16-2-3-16/h14,16-17,19H,2-13H2,1H3,(H,22,26)/t19-/m0/s1. The smallest absolute Gasteiger partial charge is 0.248 e. The molecule has 1 aromatic rings. The van der Waals surface area contributed by atoms with Crippen LogP contribution in [-0.4, -0.2) is 78.6 Å². The predicted octanol–water partition coefficient (Wildman–Crippen LogP) is 1.46. The molecule has 3 fully saturated rings. The van der Waals surface area contributed by atoms with Crippen molar-refractivity contribution in [3.8, 4) is 0 Å². The van der Waals surface area contributed by atoms with Gasteiger partial charge in [-0.05, 0) is 57.5 Å². The van der Waals surface area contributed by atoms with Crippen LogP contribution in [0.15, 0.2) is 5.38 Å². The van der Waals surface area contributed by atoms with Crippen LogP contribution in [0.3, 0.4) is 0 Å². The zero-order chi connectivity index (χ0) is 20.2. The summed E-state index contributed by atoms with van der Waals surface area (Å²) in [6.07, 6.45) is 5.31. The van der Waals surface area contributed by atoms with Gasteiger partial charge in [0, 0.05) is 31.6 Å². The van der Waals surface area contributed by atoms with E-state index in [2.05, 4.69) is 15.2 Å².